The first-order valence-corrected chi connectivity index (χ1v) is 5.11. The maximum absolute atomic E-state index is 9.58. The van der Waals surface area contributed by atoms with Gasteiger partial charge in [0.15, 0.2) is 0 Å². The summed E-state index contributed by atoms with van der Waals surface area (Å²) in [5.41, 5.74) is 8.12. The first kappa shape index (κ1) is 10.4. The summed E-state index contributed by atoms with van der Waals surface area (Å²) in [6.45, 7) is 1.99. The highest BCUT2D eigenvalue weighted by Gasteiger charge is 2.04. The fourth-order valence-electron chi connectivity index (χ4n) is 1.56. The van der Waals surface area contributed by atoms with Gasteiger partial charge in [0.2, 0.25) is 5.95 Å². The molecule has 0 aliphatic rings. The Labute approximate surface area is 93.8 Å². The summed E-state index contributed by atoms with van der Waals surface area (Å²) in [5, 5.41) is 9.58. The molecule has 16 heavy (non-hydrogen) atoms. The quantitative estimate of drug-likeness (QED) is 0.803. The molecule has 0 saturated carbocycles. The minimum absolute atomic E-state index is 0.253. The SMILES string of the molecule is CCc1cc(-c2ccnc(N)n2)ccc1O. The van der Waals surface area contributed by atoms with E-state index in [1.807, 2.05) is 19.1 Å². The zero-order chi connectivity index (χ0) is 11.5. The van der Waals surface area contributed by atoms with Gasteiger partial charge in [0, 0.05) is 11.8 Å². The van der Waals surface area contributed by atoms with Crippen LogP contribution in [-0.2, 0) is 6.42 Å². The number of nitrogen functional groups attached to an aromatic ring is 1. The Hall–Kier alpha value is -2.10. The van der Waals surface area contributed by atoms with Crippen molar-refractivity contribution in [3.05, 3.63) is 36.0 Å². The molecule has 1 heterocycles. The lowest BCUT2D eigenvalue weighted by molar-refractivity contribution is 0.469. The van der Waals surface area contributed by atoms with E-state index in [2.05, 4.69) is 9.97 Å². The topological polar surface area (TPSA) is 72.0 Å². The van der Waals surface area contributed by atoms with Crippen molar-refractivity contribution in [3.63, 3.8) is 0 Å². The summed E-state index contributed by atoms with van der Waals surface area (Å²) in [6, 6.07) is 7.20. The minimum Gasteiger partial charge on any atom is -0.508 e. The van der Waals surface area contributed by atoms with Crippen LogP contribution in [0.3, 0.4) is 0 Å². The van der Waals surface area contributed by atoms with Crippen molar-refractivity contribution in [1.82, 2.24) is 9.97 Å². The molecule has 3 N–H and O–H groups in total. The smallest absolute Gasteiger partial charge is 0.220 e. The molecule has 0 unspecified atom stereocenters. The molecule has 4 nitrogen and oxygen atoms in total. The molecular formula is C12H13N3O. The number of hydrogen-bond donors (Lipinski definition) is 2. The molecule has 82 valence electrons. The number of benzene rings is 1. The van der Waals surface area contributed by atoms with Gasteiger partial charge < -0.3 is 10.8 Å². The van der Waals surface area contributed by atoms with Crippen molar-refractivity contribution in [2.24, 2.45) is 0 Å². The maximum Gasteiger partial charge on any atom is 0.220 e. The van der Waals surface area contributed by atoms with Gasteiger partial charge in [-0.05, 0) is 36.2 Å². The molecule has 1 aromatic carbocycles. The molecule has 2 rings (SSSR count). The zero-order valence-electron chi connectivity index (χ0n) is 9.01. The highest BCUT2D eigenvalue weighted by atomic mass is 16.3. The van der Waals surface area contributed by atoms with E-state index in [-0.39, 0.29) is 5.95 Å². The van der Waals surface area contributed by atoms with Crippen molar-refractivity contribution in [3.8, 4) is 17.0 Å². The fraction of sp³-hybridized carbons (Fsp3) is 0.167. The second kappa shape index (κ2) is 4.18. The fourth-order valence-corrected chi connectivity index (χ4v) is 1.56. The van der Waals surface area contributed by atoms with Gasteiger partial charge >= 0.3 is 0 Å². The van der Waals surface area contributed by atoms with Crippen LogP contribution >= 0.6 is 0 Å². The van der Waals surface area contributed by atoms with E-state index in [4.69, 9.17) is 5.73 Å². The van der Waals surface area contributed by atoms with Gasteiger partial charge in [-0.2, -0.15) is 0 Å². The first-order valence-electron chi connectivity index (χ1n) is 5.11. The number of rotatable bonds is 2. The molecule has 0 radical (unpaired) electrons. The second-order valence-electron chi connectivity index (χ2n) is 3.50. The summed E-state index contributed by atoms with van der Waals surface area (Å²) in [4.78, 5) is 7.98. The van der Waals surface area contributed by atoms with E-state index < -0.39 is 0 Å². The lowest BCUT2D eigenvalue weighted by Gasteiger charge is -2.05. The van der Waals surface area contributed by atoms with Crippen LogP contribution in [0.25, 0.3) is 11.3 Å². The Balaban J connectivity index is 2.48. The summed E-state index contributed by atoms with van der Waals surface area (Å²) in [6.07, 6.45) is 2.40. The maximum atomic E-state index is 9.58. The number of aryl methyl sites for hydroxylation is 1. The zero-order valence-corrected chi connectivity index (χ0v) is 9.01. The highest BCUT2D eigenvalue weighted by molar-refractivity contribution is 5.62. The number of aromatic nitrogens is 2. The van der Waals surface area contributed by atoms with E-state index in [0.29, 0.717) is 5.75 Å². The molecule has 0 aliphatic carbocycles. The lowest BCUT2D eigenvalue weighted by Crippen LogP contribution is -1.95. The Kier molecular flexibility index (Phi) is 2.72. The molecule has 0 aliphatic heterocycles. The number of hydrogen-bond acceptors (Lipinski definition) is 4. The first-order chi connectivity index (χ1) is 7.70. The Morgan fingerprint density at radius 3 is 2.81 bits per heavy atom. The number of nitrogens with zero attached hydrogens (tertiary/aromatic N) is 2. The molecule has 4 heteroatoms. The summed E-state index contributed by atoms with van der Waals surface area (Å²) >= 11 is 0. The molecule has 2 aromatic rings. The third-order valence-electron chi connectivity index (χ3n) is 2.43. The van der Waals surface area contributed by atoms with Gasteiger partial charge in [0.05, 0.1) is 5.69 Å². The molecule has 0 saturated heterocycles. The van der Waals surface area contributed by atoms with Crippen molar-refractivity contribution >= 4 is 5.95 Å². The van der Waals surface area contributed by atoms with Gasteiger partial charge in [-0.1, -0.05) is 6.92 Å². The number of phenolic OH excluding ortho intramolecular Hbond substituents is 1. The van der Waals surface area contributed by atoms with E-state index in [1.165, 1.54) is 0 Å². The van der Waals surface area contributed by atoms with Crippen LogP contribution in [0.2, 0.25) is 0 Å². The van der Waals surface area contributed by atoms with Gasteiger partial charge in [-0.3, -0.25) is 0 Å². The van der Waals surface area contributed by atoms with Crippen LogP contribution in [0.15, 0.2) is 30.5 Å². The third kappa shape index (κ3) is 1.95. The predicted octanol–water partition coefficient (Wildman–Crippen LogP) is 1.99. The van der Waals surface area contributed by atoms with Crippen molar-refractivity contribution in [2.75, 3.05) is 5.73 Å². The normalized spacial score (nSPS) is 10.3. The average Bonchev–Trinajstić information content (AvgIpc) is 2.29. The largest absolute Gasteiger partial charge is 0.508 e. The van der Waals surface area contributed by atoms with Gasteiger partial charge in [0.1, 0.15) is 5.75 Å². The van der Waals surface area contributed by atoms with E-state index in [1.54, 1.807) is 18.3 Å². The average molecular weight is 215 g/mol. The van der Waals surface area contributed by atoms with Crippen molar-refractivity contribution in [2.45, 2.75) is 13.3 Å². The molecule has 0 bridgehead atoms. The minimum atomic E-state index is 0.253. The van der Waals surface area contributed by atoms with Gasteiger partial charge in [-0.25, -0.2) is 9.97 Å². The Morgan fingerprint density at radius 1 is 1.31 bits per heavy atom. The Bertz CT molecular complexity index is 511. The summed E-state index contributed by atoms with van der Waals surface area (Å²) in [5.74, 6) is 0.567. The monoisotopic (exact) mass is 215 g/mol. The lowest BCUT2D eigenvalue weighted by atomic mass is 10.1. The molecule has 0 spiro atoms. The van der Waals surface area contributed by atoms with Crippen LogP contribution in [0.1, 0.15) is 12.5 Å². The highest BCUT2D eigenvalue weighted by Crippen LogP contribution is 2.25. The third-order valence-corrected chi connectivity index (χ3v) is 2.43. The number of phenols is 1. The second-order valence-corrected chi connectivity index (χ2v) is 3.50. The summed E-state index contributed by atoms with van der Waals surface area (Å²) in [7, 11) is 0. The van der Waals surface area contributed by atoms with Crippen molar-refractivity contribution < 1.29 is 5.11 Å². The number of aromatic hydroxyl groups is 1. The number of nitrogens with two attached hydrogens (primary N) is 1. The van der Waals surface area contributed by atoms with E-state index in [9.17, 15) is 5.11 Å². The Morgan fingerprint density at radius 2 is 2.12 bits per heavy atom. The van der Waals surface area contributed by atoms with Crippen LogP contribution in [0, 0.1) is 0 Å². The molecule has 0 atom stereocenters. The van der Waals surface area contributed by atoms with Crippen LogP contribution in [-0.4, -0.2) is 15.1 Å². The predicted molar refractivity (Wildman–Crippen MR) is 62.9 cm³/mol. The van der Waals surface area contributed by atoms with Crippen molar-refractivity contribution in [1.29, 1.82) is 0 Å². The van der Waals surface area contributed by atoms with E-state index >= 15 is 0 Å². The summed E-state index contributed by atoms with van der Waals surface area (Å²) < 4.78 is 0. The molecular weight excluding hydrogens is 202 g/mol. The van der Waals surface area contributed by atoms with Crippen LogP contribution < -0.4 is 5.73 Å². The molecule has 1 aromatic heterocycles. The van der Waals surface area contributed by atoms with Crippen LogP contribution in [0.4, 0.5) is 5.95 Å². The standard InChI is InChI=1S/C12H13N3O/c1-2-8-7-9(3-4-11(8)16)10-5-6-14-12(13)15-10/h3-7,16H,2H2,1H3,(H2,13,14,15). The number of anilines is 1. The van der Waals surface area contributed by atoms with Gasteiger partial charge in [-0.15, -0.1) is 0 Å². The molecule has 0 amide bonds. The van der Waals surface area contributed by atoms with E-state index in [0.717, 1.165) is 23.2 Å². The van der Waals surface area contributed by atoms with Gasteiger partial charge in [0.25, 0.3) is 0 Å². The van der Waals surface area contributed by atoms with Crippen LogP contribution in [0.5, 0.6) is 5.75 Å². The molecule has 0 fully saturated rings.